The van der Waals surface area contributed by atoms with Crippen molar-refractivity contribution >= 4 is 38.9 Å². The maximum atomic E-state index is 15.6. The molecule has 6 rings (SSSR count). The van der Waals surface area contributed by atoms with E-state index >= 15 is 4.79 Å². The van der Waals surface area contributed by atoms with Crippen molar-refractivity contribution in [3.8, 4) is 0 Å². The lowest BCUT2D eigenvalue weighted by atomic mass is 9.69. The Bertz CT molecular complexity index is 1730. The molecule has 4 aromatic rings. The third-order valence-corrected chi connectivity index (χ3v) is 19.1. The molecule has 0 radical (unpaired) electrons. The summed E-state index contributed by atoms with van der Waals surface area (Å²) in [6, 6.07) is 34.5. The highest BCUT2D eigenvalue weighted by molar-refractivity contribution is 6.96. The van der Waals surface area contributed by atoms with Crippen LogP contribution >= 0.6 is 0 Å². The van der Waals surface area contributed by atoms with Crippen LogP contribution in [0.3, 0.4) is 0 Å². The Balaban J connectivity index is 1.58. The number of carbonyl (C=O) groups is 2. The summed E-state index contributed by atoms with van der Waals surface area (Å²) in [5, 5.41) is 2.53. The van der Waals surface area contributed by atoms with Gasteiger partial charge in [-0.2, -0.15) is 0 Å². The summed E-state index contributed by atoms with van der Waals surface area (Å²) in [5.74, 6) is 0.409. The fourth-order valence-corrected chi connectivity index (χ4v) is 21.5. The van der Waals surface area contributed by atoms with Gasteiger partial charge in [-0.3, -0.25) is 9.69 Å². The molecule has 2 aliphatic heterocycles. The highest BCUT2D eigenvalue weighted by Gasteiger charge is 2.71. The predicted octanol–water partition coefficient (Wildman–Crippen LogP) is 9.44. The second-order valence-electron chi connectivity index (χ2n) is 16.2. The minimum Gasteiger partial charge on any atom is -0.439 e. The van der Waals surface area contributed by atoms with E-state index < -0.39 is 39.9 Å². The van der Waals surface area contributed by atoms with Gasteiger partial charge in [0.25, 0.3) is 5.91 Å². The van der Waals surface area contributed by atoms with Crippen LogP contribution in [0.1, 0.15) is 49.1 Å². The van der Waals surface area contributed by atoms with E-state index in [2.05, 4.69) is 113 Å². The number of fused-ring (bicyclic) bond motifs is 1. The lowest BCUT2D eigenvalue weighted by Crippen LogP contribution is -2.86. The molecule has 47 heavy (non-hydrogen) atoms. The molecule has 2 amide bonds. The molecule has 0 spiro atoms. The van der Waals surface area contributed by atoms with Crippen LogP contribution in [0.15, 0.2) is 103 Å². The molecule has 4 atom stereocenters. The maximum Gasteiger partial charge on any atom is 0.412 e. The van der Waals surface area contributed by atoms with E-state index in [-0.39, 0.29) is 17.2 Å². The van der Waals surface area contributed by atoms with Crippen molar-refractivity contribution in [1.82, 2.24) is 9.80 Å². The van der Waals surface area contributed by atoms with Gasteiger partial charge in [0.15, 0.2) is 6.10 Å². The number of amides is 2. The molecule has 0 saturated carbocycles. The van der Waals surface area contributed by atoms with Gasteiger partial charge in [-0.25, -0.2) is 4.79 Å². The molecule has 0 unspecified atom stereocenters. The van der Waals surface area contributed by atoms with Gasteiger partial charge < -0.3 is 9.64 Å². The molecule has 2 aliphatic rings. The summed E-state index contributed by atoms with van der Waals surface area (Å²) in [4.78, 5) is 34.3. The van der Waals surface area contributed by atoms with Crippen LogP contribution in [0.4, 0.5) is 4.79 Å². The van der Waals surface area contributed by atoms with Crippen LogP contribution in [0.5, 0.6) is 0 Å². The van der Waals surface area contributed by atoms with Crippen LogP contribution < -0.4 is 0 Å². The Morgan fingerprint density at radius 1 is 0.723 bits per heavy atom. The van der Waals surface area contributed by atoms with E-state index in [1.807, 2.05) is 53.4 Å². The van der Waals surface area contributed by atoms with Gasteiger partial charge in [-0.15, -0.1) is 0 Å². The summed E-state index contributed by atoms with van der Waals surface area (Å²) in [6.45, 7) is 18.9. The summed E-state index contributed by atoms with van der Waals surface area (Å²) < 4.78 is 6.38. The highest BCUT2D eigenvalue weighted by Crippen LogP contribution is 2.55. The molecule has 0 aliphatic carbocycles. The molecule has 246 valence electrons. The Labute approximate surface area is 283 Å². The zero-order chi connectivity index (χ0) is 33.7. The molecule has 2 saturated heterocycles. The molecule has 0 aromatic heterocycles. The van der Waals surface area contributed by atoms with E-state index in [9.17, 15) is 4.79 Å². The third-order valence-electron chi connectivity index (χ3n) is 10.1. The Morgan fingerprint density at radius 2 is 1.28 bits per heavy atom. The average molecular weight is 663 g/mol. The van der Waals surface area contributed by atoms with Crippen molar-refractivity contribution in [2.75, 3.05) is 0 Å². The average Bonchev–Trinajstić information content (AvgIpc) is 3.38. The molecule has 0 bridgehead atoms. The maximum absolute atomic E-state index is 15.6. The van der Waals surface area contributed by atoms with Crippen LogP contribution in [0.25, 0.3) is 10.8 Å². The van der Waals surface area contributed by atoms with Gasteiger partial charge in [-0.1, -0.05) is 156 Å². The van der Waals surface area contributed by atoms with Crippen LogP contribution in [0, 0.1) is 5.92 Å². The summed E-state index contributed by atoms with van der Waals surface area (Å²) in [5.41, 5.74) is 1.88. The fraction of sp³-hybridized carbons (Fsp3) is 0.400. The largest absolute Gasteiger partial charge is 0.439 e. The smallest absolute Gasteiger partial charge is 0.412 e. The molecular formula is C40H50N2O3Si2. The quantitative estimate of drug-likeness (QED) is 0.126. The SMILES string of the molecule is CC(C)C[C@H]1N(C([Si](C)(C)C)[Si](C)(C)C)C(=O)[C@]1(Cc1ccc2ccccc2c1)N1C(=O)O[C@H](c2ccccc2)[C@@H]1c1ccccc1. The molecule has 7 heteroatoms. The van der Waals surface area contributed by atoms with E-state index in [4.69, 9.17) is 4.74 Å². The minimum atomic E-state index is -1.85. The highest BCUT2D eigenvalue weighted by atomic mass is 28.4. The van der Waals surface area contributed by atoms with Crippen molar-refractivity contribution < 1.29 is 14.3 Å². The van der Waals surface area contributed by atoms with Gasteiger partial charge in [0, 0.05) is 11.7 Å². The van der Waals surface area contributed by atoms with E-state index in [1.54, 1.807) is 0 Å². The van der Waals surface area contributed by atoms with Crippen molar-refractivity contribution in [3.05, 3.63) is 120 Å². The zero-order valence-electron chi connectivity index (χ0n) is 29.2. The van der Waals surface area contributed by atoms with Crippen LogP contribution in [0.2, 0.25) is 39.3 Å². The number of β-lactam (4-membered cyclic amide) rings is 1. The van der Waals surface area contributed by atoms with Crippen molar-refractivity contribution in [1.29, 1.82) is 0 Å². The molecule has 2 heterocycles. The van der Waals surface area contributed by atoms with Gasteiger partial charge in [0.2, 0.25) is 0 Å². The standard InChI is InChI=1S/C40H50N2O3Si2/c1-28(2)25-34-40(27-29-23-24-30-17-15-16-22-33(30)26-29,37(43)41(34)39(46(3,4)5)47(6,7)8)42-35(31-18-11-9-12-19-31)36(45-38(42)44)32-20-13-10-14-21-32/h9-24,26,28,34-36,39H,25,27H2,1-8H3/t34-,35+,36-,40-/m1/s1. The monoisotopic (exact) mass is 662 g/mol. The van der Waals surface area contributed by atoms with Gasteiger partial charge >= 0.3 is 6.09 Å². The van der Waals surface area contributed by atoms with E-state index in [1.165, 1.54) is 0 Å². The van der Waals surface area contributed by atoms with E-state index in [0.717, 1.165) is 33.9 Å². The van der Waals surface area contributed by atoms with Gasteiger partial charge in [0.1, 0.15) is 11.6 Å². The topological polar surface area (TPSA) is 49.9 Å². The second-order valence-corrected chi connectivity index (χ2v) is 27.4. The number of cyclic esters (lactones) is 1. The van der Waals surface area contributed by atoms with Crippen LogP contribution in [-0.4, -0.2) is 54.8 Å². The fourth-order valence-electron chi connectivity index (χ4n) is 8.82. The Hall–Kier alpha value is -3.69. The number of likely N-dealkylation sites (tertiary alicyclic amines) is 1. The second kappa shape index (κ2) is 12.4. The van der Waals surface area contributed by atoms with Crippen molar-refractivity contribution in [2.45, 2.75) is 95.0 Å². The summed E-state index contributed by atoms with van der Waals surface area (Å²) in [6.07, 6.45) is 0.305. The third kappa shape index (κ3) is 5.97. The number of ether oxygens (including phenoxy) is 1. The first-order chi connectivity index (χ1) is 22.2. The normalized spacial score (nSPS) is 23.5. The number of hydrogen-bond acceptors (Lipinski definition) is 3. The van der Waals surface area contributed by atoms with E-state index in [0.29, 0.717) is 12.3 Å². The first kappa shape index (κ1) is 33.2. The lowest BCUT2D eigenvalue weighted by molar-refractivity contribution is -0.177. The first-order valence-corrected chi connectivity index (χ1v) is 24.3. The number of benzene rings is 4. The molecule has 5 nitrogen and oxygen atoms in total. The minimum absolute atomic E-state index is 0.0813. The van der Waals surface area contributed by atoms with Crippen molar-refractivity contribution in [2.24, 2.45) is 5.92 Å². The summed E-state index contributed by atoms with van der Waals surface area (Å²) >= 11 is 0. The van der Waals surface area contributed by atoms with Gasteiger partial charge in [-0.05, 0) is 39.8 Å². The lowest BCUT2D eigenvalue weighted by Gasteiger charge is -2.65. The number of hydrogen-bond donors (Lipinski definition) is 0. The van der Waals surface area contributed by atoms with Crippen molar-refractivity contribution in [3.63, 3.8) is 0 Å². The number of carbonyl (C=O) groups excluding carboxylic acids is 2. The molecule has 2 fully saturated rings. The predicted molar refractivity (Wildman–Crippen MR) is 198 cm³/mol. The van der Waals surface area contributed by atoms with Crippen LogP contribution in [-0.2, 0) is 16.0 Å². The number of nitrogens with zero attached hydrogens (tertiary/aromatic N) is 2. The molecule has 0 N–H and O–H groups in total. The number of rotatable bonds is 10. The molecule has 4 aromatic carbocycles. The Kier molecular flexibility index (Phi) is 8.77. The Morgan fingerprint density at radius 3 is 1.85 bits per heavy atom. The first-order valence-electron chi connectivity index (χ1n) is 17.1. The summed E-state index contributed by atoms with van der Waals surface area (Å²) in [7, 11) is -3.70. The molecular weight excluding hydrogens is 613 g/mol. The zero-order valence-corrected chi connectivity index (χ0v) is 31.2. The van der Waals surface area contributed by atoms with Gasteiger partial charge in [0.05, 0.1) is 22.2 Å².